The Hall–Kier alpha value is -9.98. The topological polar surface area (TPSA) is 348 Å². The van der Waals surface area contributed by atoms with Gasteiger partial charge in [0, 0.05) is 118 Å². The molecule has 6 atom stereocenters. The zero-order chi connectivity index (χ0) is 79.3. The van der Waals surface area contributed by atoms with Crippen molar-refractivity contribution in [2.75, 3.05) is 87.5 Å². The van der Waals surface area contributed by atoms with Crippen LogP contribution in [-0.4, -0.2) is 216 Å². The molecule has 4 aromatic heterocycles. The van der Waals surface area contributed by atoms with Gasteiger partial charge in [0.15, 0.2) is 0 Å². The number of methoxy groups -OCH3 is 2. The van der Waals surface area contributed by atoms with Crippen molar-refractivity contribution in [2.24, 2.45) is 11.8 Å². The molecule has 4 aliphatic carbocycles. The van der Waals surface area contributed by atoms with Gasteiger partial charge in [-0.25, -0.2) is 36.4 Å². The Balaban J connectivity index is 0.000000196. The molecule has 7 aliphatic rings. The minimum absolute atomic E-state index is 0.00515. The summed E-state index contributed by atoms with van der Waals surface area (Å²) in [5, 5.41) is 21.5. The molecule has 0 radical (unpaired) electrons. The van der Waals surface area contributed by atoms with E-state index < -0.39 is 99.3 Å². The van der Waals surface area contributed by atoms with Gasteiger partial charge in [-0.3, -0.25) is 38.2 Å². The Morgan fingerprint density at radius 3 is 1.60 bits per heavy atom. The van der Waals surface area contributed by atoms with Crippen LogP contribution in [0.15, 0.2) is 116 Å². The first-order valence-electron chi connectivity index (χ1n) is 38.7. The first-order chi connectivity index (χ1) is 53.7. The molecule has 7 amide bonds. The number of aryl methyl sites for hydroxylation is 2. The molecule has 112 heavy (non-hydrogen) atoms. The van der Waals surface area contributed by atoms with Gasteiger partial charge in [0.25, 0.3) is 11.0 Å². The van der Waals surface area contributed by atoms with Crippen molar-refractivity contribution < 1.29 is 69.3 Å². The quantitative estimate of drug-likeness (QED) is 0.0397. The van der Waals surface area contributed by atoms with E-state index in [1.54, 1.807) is 42.2 Å². The summed E-state index contributed by atoms with van der Waals surface area (Å²) in [7, 11) is -1.59. The highest BCUT2D eigenvalue weighted by Crippen LogP contribution is 2.53. The molecule has 4 saturated carbocycles. The average Bonchev–Trinajstić information content (AvgIpc) is 1.54. The van der Waals surface area contributed by atoms with Gasteiger partial charge in [-0.2, -0.15) is 10.2 Å². The molecule has 5 fully saturated rings. The predicted molar refractivity (Wildman–Crippen MR) is 422 cm³/mol. The molecule has 598 valence electrons. The number of aromatic nitrogens is 6. The van der Waals surface area contributed by atoms with Crippen LogP contribution < -0.4 is 44.9 Å². The van der Waals surface area contributed by atoms with Gasteiger partial charge >= 0.3 is 12.1 Å². The van der Waals surface area contributed by atoms with Crippen LogP contribution in [0, 0.1) is 25.7 Å². The van der Waals surface area contributed by atoms with Crippen molar-refractivity contribution in [3.8, 4) is 45.8 Å². The Labute approximate surface area is 653 Å². The van der Waals surface area contributed by atoms with Crippen LogP contribution in [0.25, 0.3) is 44.6 Å². The summed E-state index contributed by atoms with van der Waals surface area (Å²) in [6, 6.07) is 21.8. The standard InChI is InChI=1S/C41H48N6O7S.C40H54N8O8S/c1-27-34(53-4)16-15-30-35(24-33(42-36(27)30)31-17-22-47(45-31)26-28-12-8-7-9-13-28)54-23-18-32-37(48)44-41(38(49)55(51,52)40(2)19-20-40)25-29(41)14-10-5-6-11-21-46(3)39(50)43-32;1-27-33(54-4)11-10-29-34(25-32(41-35(27)29)30-12-17-48(44-30)19-18-47-20-23-55-24-21-47)56-22-13-31-36(49)43-40(37(50)45-57(52,53)39(2)14-15-39)26-28(40)9-7-5-6-8-16-46(3)38(51)42-31/h7-10,12-17,22,24,29,32H,5-6,11,18-21,23,25-26H2,1-4H3,(H,43,50)(H,44,48);7,9-12,17,25,28,31H,5-6,8,13-16,18-24,26H2,1-4H3,(H,42,51)(H,43,49)(H,45,50)/b14-10-;9-7-/t29-,32+,41-;28-,31+,40-/m11/s1. The van der Waals surface area contributed by atoms with Gasteiger partial charge in [-0.15, -0.1) is 0 Å². The minimum atomic E-state index is -4.17. The highest BCUT2D eigenvalue weighted by atomic mass is 32.2. The third kappa shape index (κ3) is 17.6. The van der Waals surface area contributed by atoms with Gasteiger partial charge in [0.2, 0.25) is 31.7 Å². The number of ether oxygens (including phenoxy) is 5. The number of benzene rings is 3. The first-order valence-corrected chi connectivity index (χ1v) is 41.6. The number of fused-ring (bicyclic) bond motifs is 4. The molecular weight excluding hydrogens is 1470 g/mol. The minimum Gasteiger partial charge on any atom is -0.496 e. The van der Waals surface area contributed by atoms with Crippen molar-refractivity contribution in [1.29, 1.82) is 0 Å². The van der Waals surface area contributed by atoms with Crippen molar-refractivity contribution >= 4 is 76.6 Å². The molecular formula is C81H102N14O15S2. The predicted octanol–water partition coefficient (Wildman–Crippen LogP) is 8.49. The summed E-state index contributed by atoms with van der Waals surface area (Å²) in [4.78, 5) is 97.9. The second-order valence-corrected chi connectivity index (χ2v) is 35.6. The lowest BCUT2D eigenvalue weighted by Crippen LogP contribution is -2.58. The molecule has 14 rings (SSSR count). The molecule has 7 heterocycles. The highest BCUT2D eigenvalue weighted by molar-refractivity contribution is 8.07. The number of amides is 7. The average molecular weight is 1580 g/mol. The molecule has 29 nitrogen and oxygen atoms in total. The van der Waals surface area contributed by atoms with Crippen LogP contribution in [0.4, 0.5) is 9.59 Å². The van der Waals surface area contributed by atoms with E-state index in [2.05, 4.69) is 30.9 Å². The number of sulfone groups is 1. The van der Waals surface area contributed by atoms with Crippen LogP contribution in [0.5, 0.6) is 23.0 Å². The maximum atomic E-state index is 14.1. The van der Waals surface area contributed by atoms with Crippen LogP contribution in [0.3, 0.4) is 0 Å². The summed E-state index contributed by atoms with van der Waals surface area (Å²) in [6.45, 7) is 13.4. The third-order valence-corrected chi connectivity index (χ3v) is 27.6. The van der Waals surface area contributed by atoms with Crippen molar-refractivity contribution in [1.82, 2.24) is 70.2 Å². The third-order valence-electron chi connectivity index (χ3n) is 22.9. The van der Waals surface area contributed by atoms with E-state index in [0.29, 0.717) is 115 Å². The van der Waals surface area contributed by atoms with Crippen LogP contribution in [0.2, 0.25) is 0 Å². The van der Waals surface area contributed by atoms with Gasteiger partial charge < -0.3 is 54.8 Å². The number of nitrogens with one attached hydrogen (secondary N) is 5. The van der Waals surface area contributed by atoms with E-state index in [-0.39, 0.29) is 38.9 Å². The SMILES string of the molecule is COc1ccc2c(OCC[C@@H]3NC(=O)N(C)CCCC/C=C\[C@@H]4C[C@@]4(C(=O)NS(=O)(=O)C4(C)CC4)NC3=O)cc(-c3ccn(CCN4CCOCC4)n3)nc2c1C.COc1ccc2c(OCC[C@@H]3NC(=O)N(C)CCCC/C=C\[C@@H]4C[C@@]4(C(=O)S(=O)(=O)C4(C)CC4)NC3=O)cc(-c3ccn(Cc4ccccc4)n3)nc2c1C. The summed E-state index contributed by atoms with van der Waals surface area (Å²) in [5.74, 6) is -0.544. The number of morpholine rings is 1. The number of urea groups is 2. The number of nitrogens with zero attached hydrogens (tertiary/aromatic N) is 9. The fourth-order valence-corrected chi connectivity index (χ4v) is 17.7. The van der Waals surface area contributed by atoms with Gasteiger partial charge in [-0.1, -0.05) is 54.6 Å². The van der Waals surface area contributed by atoms with Crippen LogP contribution in [-0.2, 0) is 56.9 Å². The first kappa shape index (κ1) is 80.1. The molecule has 0 spiro atoms. The smallest absolute Gasteiger partial charge is 0.317 e. The van der Waals surface area contributed by atoms with E-state index >= 15 is 0 Å². The van der Waals surface area contributed by atoms with Crippen molar-refractivity contribution in [2.45, 2.75) is 163 Å². The number of carbonyl (C=O) groups is 6. The van der Waals surface area contributed by atoms with Crippen molar-refractivity contribution in [3.05, 3.63) is 132 Å². The molecule has 0 bridgehead atoms. The zero-order valence-corrected chi connectivity index (χ0v) is 66.6. The van der Waals surface area contributed by atoms with Gasteiger partial charge in [-0.05, 0) is 147 Å². The van der Waals surface area contributed by atoms with Gasteiger partial charge in [0.05, 0.1) is 85.7 Å². The number of hydrogen-bond acceptors (Lipinski definition) is 20. The van der Waals surface area contributed by atoms with Gasteiger partial charge in [0.1, 0.15) is 57.5 Å². The lowest BCUT2D eigenvalue weighted by molar-refractivity contribution is -0.130. The van der Waals surface area contributed by atoms with E-state index in [0.717, 1.165) is 92.4 Å². The maximum absolute atomic E-state index is 14.1. The maximum Gasteiger partial charge on any atom is 0.317 e. The van der Waals surface area contributed by atoms with Crippen molar-refractivity contribution in [3.63, 3.8) is 0 Å². The van der Waals surface area contributed by atoms with E-state index in [1.807, 2.05) is 139 Å². The van der Waals surface area contributed by atoms with E-state index in [4.69, 9.17) is 43.8 Å². The Kier molecular flexibility index (Phi) is 23.9. The molecule has 31 heteroatoms. The Morgan fingerprint density at radius 2 is 1.08 bits per heavy atom. The summed E-state index contributed by atoms with van der Waals surface area (Å²) < 4.78 is 86.5. The summed E-state index contributed by atoms with van der Waals surface area (Å²) >= 11 is 0. The largest absolute Gasteiger partial charge is 0.496 e. The number of hydrogen-bond donors (Lipinski definition) is 5. The Bertz CT molecular complexity index is 5000. The number of carbonyl (C=O) groups excluding carboxylic acids is 6. The lowest BCUT2D eigenvalue weighted by Gasteiger charge is -2.26. The van der Waals surface area contributed by atoms with Crippen LogP contribution in [0.1, 0.15) is 120 Å². The molecule has 7 aromatic rings. The number of sulfonamides is 1. The number of rotatable bonds is 22. The highest BCUT2D eigenvalue weighted by Gasteiger charge is 2.68. The van der Waals surface area contributed by atoms with E-state index in [9.17, 15) is 45.6 Å². The van der Waals surface area contributed by atoms with E-state index in [1.165, 1.54) is 9.80 Å². The molecule has 3 aromatic carbocycles. The fourth-order valence-electron chi connectivity index (χ4n) is 14.6. The second-order valence-electron chi connectivity index (χ2n) is 31.0. The summed E-state index contributed by atoms with van der Waals surface area (Å²) in [6.07, 6.45) is 18.2. The fraction of sp³-hybridized carbons (Fsp3) is 0.506. The monoisotopic (exact) mass is 1570 g/mol. The Morgan fingerprint density at radius 1 is 0.589 bits per heavy atom. The molecule has 0 unspecified atom stereocenters. The normalized spacial score (nSPS) is 24.0. The summed E-state index contributed by atoms with van der Waals surface area (Å²) in [5.41, 5.74) is 3.51. The molecule has 5 N–H and O–H groups in total. The van der Waals surface area contributed by atoms with Crippen LogP contribution >= 0.6 is 0 Å². The second kappa shape index (κ2) is 33.4. The number of pyridine rings is 2. The number of allylic oxidation sites excluding steroid dienone is 2. The molecule has 1 saturated heterocycles. The molecule has 3 aliphatic heterocycles. The lowest BCUT2D eigenvalue weighted by atomic mass is 10.1. The zero-order valence-electron chi connectivity index (χ0n) is 64.9.